The van der Waals surface area contributed by atoms with Gasteiger partial charge in [0.15, 0.2) is 0 Å². The van der Waals surface area contributed by atoms with Crippen molar-refractivity contribution in [3.8, 4) is 11.1 Å². The first-order valence-electron chi connectivity index (χ1n) is 13.7. The molecule has 5 rings (SSSR count). The van der Waals surface area contributed by atoms with Gasteiger partial charge in [-0.1, -0.05) is 55.3 Å². The van der Waals surface area contributed by atoms with E-state index >= 15 is 0 Å². The fraction of sp³-hybridized carbons (Fsp3) is 0.387. The Labute approximate surface area is 229 Å². The average Bonchev–Trinajstić information content (AvgIpc) is 3.26. The molecule has 8 nitrogen and oxygen atoms in total. The molecule has 3 aromatic rings. The summed E-state index contributed by atoms with van der Waals surface area (Å²) < 4.78 is 5.55. The van der Waals surface area contributed by atoms with Crippen molar-refractivity contribution in [1.29, 1.82) is 0 Å². The largest absolute Gasteiger partial charge is 0.444 e. The fourth-order valence-electron chi connectivity index (χ4n) is 5.39. The minimum absolute atomic E-state index is 0.0452. The first-order chi connectivity index (χ1) is 18.7. The van der Waals surface area contributed by atoms with E-state index in [4.69, 9.17) is 9.72 Å². The second-order valence-electron chi connectivity index (χ2n) is 11.4. The van der Waals surface area contributed by atoms with Crippen molar-refractivity contribution < 1.29 is 14.3 Å². The maximum absolute atomic E-state index is 13.0. The van der Waals surface area contributed by atoms with Gasteiger partial charge in [0.25, 0.3) is 5.91 Å². The van der Waals surface area contributed by atoms with Crippen LogP contribution in [0.4, 0.5) is 22.1 Å². The number of ether oxygens (including phenoxy) is 1. The molecule has 2 heterocycles. The van der Waals surface area contributed by atoms with Crippen LogP contribution in [0.3, 0.4) is 0 Å². The number of hydrogen-bond donors (Lipinski definition) is 4. The number of aryl methyl sites for hydroxylation is 1. The highest BCUT2D eigenvalue weighted by atomic mass is 16.6. The van der Waals surface area contributed by atoms with Gasteiger partial charge in [-0.25, -0.2) is 9.78 Å². The minimum Gasteiger partial charge on any atom is -0.444 e. The van der Waals surface area contributed by atoms with Crippen molar-refractivity contribution in [2.45, 2.75) is 77.6 Å². The second kappa shape index (κ2) is 11.0. The van der Waals surface area contributed by atoms with Gasteiger partial charge in [-0.05, 0) is 69.4 Å². The summed E-state index contributed by atoms with van der Waals surface area (Å²) in [5.41, 5.74) is 4.76. The number of hydrogen-bond acceptors (Lipinski definition) is 6. The van der Waals surface area contributed by atoms with E-state index in [-0.39, 0.29) is 18.0 Å². The number of nitrogens with one attached hydrogen (secondary N) is 4. The van der Waals surface area contributed by atoms with Crippen molar-refractivity contribution in [2.24, 2.45) is 0 Å². The lowest BCUT2D eigenvalue weighted by molar-refractivity contribution is 0.0488. The van der Waals surface area contributed by atoms with Gasteiger partial charge >= 0.3 is 6.09 Å². The molecule has 8 heteroatoms. The average molecular weight is 528 g/mol. The number of alkyl carbamates (subject to hydrolysis) is 1. The summed E-state index contributed by atoms with van der Waals surface area (Å²) >= 11 is 0. The highest BCUT2D eigenvalue weighted by molar-refractivity contribution is 6.06. The number of carbonyl (C=O) groups excluding carboxylic acids is 2. The number of anilines is 3. The molecule has 1 aliphatic heterocycles. The lowest BCUT2D eigenvalue weighted by Crippen LogP contribution is -2.50. The van der Waals surface area contributed by atoms with Crippen LogP contribution in [0.15, 0.2) is 54.6 Å². The Balaban J connectivity index is 1.55. The van der Waals surface area contributed by atoms with Gasteiger partial charge in [0, 0.05) is 23.8 Å². The summed E-state index contributed by atoms with van der Waals surface area (Å²) in [6.45, 7) is 8.04. The molecule has 0 saturated heterocycles. The Kier molecular flexibility index (Phi) is 7.46. The molecule has 2 amide bonds. The van der Waals surface area contributed by atoms with Gasteiger partial charge in [-0.3, -0.25) is 4.79 Å². The molecule has 1 fully saturated rings. The van der Waals surface area contributed by atoms with Gasteiger partial charge in [0.1, 0.15) is 17.2 Å². The molecule has 204 valence electrons. The molecule has 0 bridgehead atoms. The molecule has 0 spiro atoms. The zero-order valence-electron chi connectivity index (χ0n) is 23.1. The van der Waals surface area contributed by atoms with Crippen molar-refractivity contribution in [1.82, 2.24) is 15.6 Å². The van der Waals surface area contributed by atoms with Crippen LogP contribution in [0.25, 0.3) is 11.1 Å². The van der Waals surface area contributed by atoms with Crippen molar-refractivity contribution >= 4 is 29.3 Å². The quantitative estimate of drug-likeness (QED) is 0.300. The van der Waals surface area contributed by atoms with Crippen LogP contribution in [-0.4, -0.2) is 34.7 Å². The molecular formula is C31H37N5O3. The van der Waals surface area contributed by atoms with E-state index in [0.29, 0.717) is 23.7 Å². The lowest BCUT2D eigenvalue weighted by Gasteiger charge is -2.34. The number of rotatable bonds is 6. The van der Waals surface area contributed by atoms with E-state index in [0.717, 1.165) is 53.6 Å². The summed E-state index contributed by atoms with van der Waals surface area (Å²) in [6.07, 6.45) is 3.38. The SMILES string of the molecule is Cc1cccc(Nc2nc(N[C@@H]3CCCC[C@@H]3NC(=O)OC(C)(C)C)c(-c3ccccc3)c3c2C(=O)NC3)c1. The Morgan fingerprint density at radius 1 is 0.974 bits per heavy atom. The van der Waals surface area contributed by atoms with E-state index in [1.165, 1.54) is 0 Å². The molecule has 0 radical (unpaired) electrons. The van der Waals surface area contributed by atoms with E-state index in [1.54, 1.807) is 0 Å². The first-order valence-corrected chi connectivity index (χ1v) is 13.7. The number of pyridine rings is 1. The Bertz CT molecular complexity index is 1370. The van der Waals surface area contributed by atoms with Crippen LogP contribution in [0.5, 0.6) is 0 Å². The van der Waals surface area contributed by atoms with Gasteiger partial charge in [0.05, 0.1) is 11.6 Å². The molecule has 39 heavy (non-hydrogen) atoms. The number of carbonyl (C=O) groups is 2. The summed E-state index contributed by atoms with van der Waals surface area (Å²) in [7, 11) is 0. The number of amides is 2. The van der Waals surface area contributed by atoms with E-state index in [2.05, 4.69) is 21.3 Å². The maximum Gasteiger partial charge on any atom is 0.407 e. The molecule has 2 atom stereocenters. The van der Waals surface area contributed by atoms with Gasteiger partial charge in [-0.2, -0.15) is 0 Å². The van der Waals surface area contributed by atoms with Crippen LogP contribution >= 0.6 is 0 Å². The molecule has 1 aromatic heterocycles. The third kappa shape index (κ3) is 6.16. The monoisotopic (exact) mass is 527 g/mol. The zero-order valence-corrected chi connectivity index (χ0v) is 23.1. The topological polar surface area (TPSA) is 104 Å². The molecule has 2 aliphatic rings. The molecule has 2 aromatic carbocycles. The number of benzene rings is 2. The normalized spacial score (nSPS) is 18.6. The zero-order chi connectivity index (χ0) is 27.6. The predicted octanol–water partition coefficient (Wildman–Crippen LogP) is 6.29. The summed E-state index contributed by atoms with van der Waals surface area (Å²) in [5.74, 6) is 1.06. The maximum atomic E-state index is 13.0. The van der Waals surface area contributed by atoms with E-state index < -0.39 is 11.7 Å². The molecule has 1 aliphatic carbocycles. The number of nitrogens with zero attached hydrogens (tertiary/aromatic N) is 1. The number of fused-ring (bicyclic) bond motifs is 1. The lowest BCUT2D eigenvalue weighted by atomic mass is 9.89. The van der Waals surface area contributed by atoms with Gasteiger partial charge in [0.2, 0.25) is 0 Å². The molecule has 4 N–H and O–H groups in total. The van der Waals surface area contributed by atoms with Crippen molar-refractivity contribution in [3.05, 3.63) is 71.3 Å². The highest BCUT2D eigenvalue weighted by Gasteiger charge is 2.33. The van der Waals surface area contributed by atoms with Gasteiger partial charge < -0.3 is 26.0 Å². The Morgan fingerprint density at radius 2 is 1.72 bits per heavy atom. The number of aromatic nitrogens is 1. The summed E-state index contributed by atoms with van der Waals surface area (Å²) in [5, 5.41) is 13.2. The summed E-state index contributed by atoms with van der Waals surface area (Å²) in [4.78, 5) is 30.7. The third-order valence-electron chi connectivity index (χ3n) is 7.09. The van der Waals surface area contributed by atoms with E-state index in [1.807, 2.05) is 82.3 Å². The van der Waals surface area contributed by atoms with Crippen molar-refractivity contribution in [3.63, 3.8) is 0 Å². The Morgan fingerprint density at radius 3 is 2.44 bits per heavy atom. The highest BCUT2D eigenvalue weighted by Crippen LogP contribution is 2.40. The molecular weight excluding hydrogens is 490 g/mol. The molecule has 1 saturated carbocycles. The van der Waals surface area contributed by atoms with Crippen LogP contribution < -0.4 is 21.3 Å². The fourth-order valence-corrected chi connectivity index (χ4v) is 5.39. The second-order valence-corrected chi connectivity index (χ2v) is 11.4. The van der Waals surface area contributed by atoms with Crippen LogP contribution in [-0.2, 0) is 11.3 Å². The first kappa shape index (κ1) is 26.5. The Hall–Kier alpha value is -4.07. The van der Waals surface area contributed by atoms with Crippen LogP contribution in [0.2, 0.25) is 0 Å². The molecule has 0 unspecified atom stereocenters. The van der Waals surface area contributed by atoms with Gasteiger partial charge in [-0.15, -0.1) is 0 Å². The van der Waals surface area contributed by atoms with Crippen LogP contribution in [0.1, 0.15) is 67.9 Å². The van der Waals surface area contributed by atoms with Crippen LogP contribution in [0, 0.1) is 6.92 Å². The summed E-state index contributed by atoms with van der Waals surface area (Å²) in [6, 6.07) is 17.9. The standard InChI is InChI=1S/C31H37N5O3/c1-19-11-10-14-21(17-19)33-28-26-22(18-32-29(26)37)25(20-12-6-5-7-13-20)27(36-28)34-23-15-8-9-16-24(23)35-30(38)39-31(2,3)4/h5-7,10-14,17,23-24H,8-9,15-16,18H2,1-4H3,(H,32,37)(H,35,38)(H2,33,34,36)/t23-,24+/m1/s1. The van der Waals surface area contributed by atoms with Crippen molar-refractivity contribution in [2.75, 3.05) is 10.6 Å². The third-order valence-corrected chi connectivity index (χ3v) is 7.09. The predicted molar refractivity (Wildman–Crippen MR) is 154 cm³/mol. The smallest absolute Gasteiger partial charge is 0.407 e. The van der Waals surface area contributed by atoms with E-state index in [9.17, 15) is 9.59 Å². The minimum atomic E-state index is -0.570.